The zero-order chi connectivity index (χ0) is 21.7. The first-order chi connectivity index (χ1) is 14.5. The maximum absolute atomic E-state index is 13.1. The van der Waals surface area contributed by atoms with Crippen LogP contribution in [0.4, 0.5) is 10.5 Å². The Bertz CT molecular complexity index is 969. The lowest BCUT2D eigenvalue weighted by molar-refractivity contribution is -0.113. The summed E-state index contributed by atoms with van der Waals surface area (Å²) >= 11 is 0. The molecule has 0 radical (unpaired) electrons. The minimum Gasteiger partial charge on any atom is -0.494 e. The van der Waals surface area contributed by atoms with Crippen LogP contribution < -0.4 is 30.2 Å². The van der Waals surface area contributed by atoms with Crippen LogP contribution in [0.2, 0.25) is 0 Å². The van der Waals surface area contributed by atoms with E-state index in [0.29, 0.717) is 40.6 Å². The maximum atomic E-state index is 13.1. The molecule has 2 aromatic carbocycles. The summed E-state index contributed by atoms with van der Waals surface area (Å²) in [5, 5.41) is 8.35. The summed E-state index contributed by atoms with van der Waals surface area (Å²) in [6.07, 6.45) is 0. The fourth-order valence-electron chi connectivity index (χ4n) is 3.28. The van der Waals surface area contributed by atoms with Crippen LogP contribution in [0.15, 0.2) is 53.7 Å². The number of benzene rings is 2. The molecule has 3 amide bonds. The molecule has 3 N–H and O–H groups in total. The number of amides is 3. The molecular weight excluding hydrogens is 386 g/mol. The number of urea groups is 1. The summed E-state index contributed by atoms with van der Waals surface area (Å²) in [6.45, 7) is 4.17. The highest BCUT2D eigenvalue weighted by molar-refractivity contribution is 6.06. The van der Waals surface area contributed by atoms with Gasteiger partial charge in [0.05, 0.1) is 32.4 Å². The third-order valence-electron chi connectivity index (χ3n) is 4.68. The standard InChI is InChI=1S/C22H25N3O5/c1-5-30-16-9-7-15(8-10-16)24-21(26)19-13(2)23-22(27)25-20(19)14-6-11-17(28-3)18(12-14)29-4/h6-12,20H,5H2,1-4H3,(H,24,26)(H2,23,25,27). The van der Waals surface area contributed by atoms with Crippen molar-refractivity contribution in [1.29, 1.82) is 0 Å². The van der Waals surface area contributed by atoms with Gasteiger partial charge in [-0.05, 0) is 55.8 Å². The molecule has 0 aliphatic carbocycles. The van der Waals surface area contributed by atoms with Crippen molar-refractivity contribution in [2.75, 3.05) is 26.1 Å². The zero-order valence-electron chi connectivity index (χ0n) is 17.4. The van der Waals surface area contributed by atoms with Crippen molar-refractivity contribution >= 4 is 17.6 Å². The van der Waals surface area contributed by atoms with Crippen molar-refractivity contribution < 1.29 is 23.8 Å². The van der Waals surface area contributed by atoms with Crippen molar-refractivity contribution in [2.45, 2.75) is 19.9 Å². The van der Waals surface area contributed by atoms with Crippen molar-refractivity contribution in [2.24, 2.45) is 0 Å². The Hall–Kier alpha value is -3.68. The molecule has 0 fully saturated rings. The van der Waals surface area contributed by atoms with Gasteiger partial charge in [0.25, 0.3) is 5.91 Å². The second-order valence-corrected chi connectivity index (χ2v) is 6.60. The van der Waals surface area contributed by atoms with Crippen molar-refractivity contribution in [1.82, 2.24) is 10.6 Å². The molecule has 1 heterocycles. The van der Waals surface area contributed by atoms with E-state index in [9.17, 15) is 9.59 Å². The molecule has 1 atom stereocenters. The summed E-state index contributed by atoms with van der Waals surface area (Å²) < 4.78 is 16.1. The van der Waals surface area contributed by atoms with Crippen LogP contribution >= 0.6 is 0 Å². The van der Waals surface area contributed by atoms with Crippen LogP contribution in [-0.4, -0.2) is 32.8 Å². The normalized spacial score (nSPS) is 15.7. The number of allylic oxidation sites excluding steroid dienone is 1. The number of rotatable bonds is 7. The van der Waals surface area contributed by atoms with E-state index < -0.39 is 6.04 Å². The number of hydrogen-bond donors (Lipinski definition) is 3. The monoisotopic (exact) mass is 411 g/mol. The molecule has 8 nitrogen and oxygen atoms in total. The summed E-state index contributed by atoms with van der Waals surface area (Å²) in [5.74, 6) is 1.46. The second-order valence-electron chi connectivity index (χ2n) is 6.60. The molecule has 2 aromatic rings. The highest BCUT2D eigenvalue weighted by Gasteiger charge is 2.31. The topological polar surface area (TPSA) is 97.9 Å². The van der Waals surface area contributed by atoms with Gasteiger partial charge >= 0.3 is 6.03 Å². The third kappa shape index (κ3) is 4.48. The number of ether oxygens (including phenoxy) is 3. The minimum absolute atomic E-state index is 0.330. The van der Waals surface area contributed by atoms with E-state index in [1.165, 1.54) is 7.11 Å². The number of anilines is 1. The minimum atomic E-state index is -0.652. The third-order valence-corrected chi connectivity index (χ3v) is 4.68. The Kier molecular flexibility index (Phi) is 6.46. The van der Waals surface area contributed by atoms with Gasteiger partial charge in [-0.25, -0.2) is 4.79 Å². The molecule has 1 aliphatic heterocycles. The molecule has 0 saturated heterocycles. The van der Waals surface area contributed by atoms with Gasteiger partial charge in [-0.15, -0.1) is 0 Å². The van der Waals surface area contributed by atoms with Gasteiger partial charge in [0.15, 0.2) is 11.5 Å². The number of methoxy groups -OCH3 is 2. The molecule has 0 spiro atoms. The van der Waals surface area contributed by atoms with Crippen molar-refractivity contribution in [3.8, 4) is 17.2 Å². The molecular formula is C22H25N3O5. The van der Waals surface area contributed by atoms with Crippen molar-refractivity contribution in [3.63, 3.8) is 0 Å². The molecule has 8 heteroatoms. The van der Waals surface area contributed by atoms with E-state index in [0.717, 1.165) is 5.75 Å². The average Bonchev–Trinajstić information content (AvgIpc) is 2.74. The predicted octanol–water partition coefficient (Wildman–Crippen LogP) is 3.37. The van der Waals surface area contributed by atoms with Gasteiger partial charge in [0.2, 0.25) is 0 Å². The van der Waals surface area contributed by atoms with E-state index in [-0.39, 0.29) is 11.9 Å². The largest absolute Gasteiger partial charge is 0.494 e. The summed E-state index contributed by atoms with van der Waals surface area (Å²) in [7, 11) is 3.08. The summed E-state index contributed by atoms with van der Waals surface area (Å²) in [4.78, 5) is 25.2. The van der Waals surface area contributed by atoms with Crippen LogP contribution in [-0.2, 0) is 4.79 Å². The van der Waals surface area contributed by atoms with E-state index in [2.05, 4.69) is 16.0 Å². The predicted molar refractivity (Wildman–Crippen MR) is 113 cm³/mol. The van der Waals surface area contributed by atoms with Gasteiger partial charge in [-0.3, -0.25) is 4.79 Å². The maximum Gasteiger partial charge on any atom is 0.319 e. The van der Waals surface area contributed by atoms with E-state index in [1.54, 1.807) is 56.5 Å². The fraction of sp³-hybridized carbons (Fsp3) is 0.273. The Balaban J connectivity index is 1.90. The highest BCUT2D eigenvalue weighted by atomic mass is 16.5. The highest BCUT2D eigenvalue weighted by Crippen LogP contribution is 2.34. The van der Waals surface area contributed by atoms with Gasteiger partial charge in [0.1, 0.15) is 5.75 Å². The molecule has 30 heavy (non-hydrogen) atoms. The molecule has 158 valence electrons. The first-order valence-electron chi connectivity index (χ1n) is 9.51. The molecule has 1 unspecified atom stereocenters. The van der Waals surface area contributed by atoms with E-state index >= 15 is 0 Å². The summed E-state index contributed by atoms with van der Waals surface area (Å²) in [5.41, 5.74) is 2.18. The molecule has 1 aliphatic rings. The Morgan fingerprint density at radius 3 is 2.40 bits per heavy atom. The van der Waals surface area contributed by atoms with E-state index in [4.69, 9.17) is 14.2 Å². The van der Waals surface area contributed by atoms with Crippen LogP contribution in [0.25, 0.3) is 0 Å². The van der Waals surface area contributed by atoms with Gasteiger partial charge in [-0.1, -0.05) is 6.07 Å². The molecule has 0 saturated carbocycles. The van der Waals surface area contributed by atoms with Gasteiger partial charge in [0, 0.05) is 11.4 Å². The molecule has 3 rings (SSSR count). The lowest BCUT2D eigenvalue weighted by Gasteiger charge is -2.29. The molecule has 0 aromatic heterocycles. The number of carbonyl (C=O) groups is 2. The van der Waals surface area contributed by atoms with Gasteiger partial charge < -0.3 is 30.2 Å². The Morgan fingerprint density at radius 1 is 1.07 bits per heavy atom. The Labute approximate surface area is 175 Å². The Morgan fingerprint density at radius 2 is 1.77 bits per heavy atom. The van der Waals surface area contributed by atoms with Crippen LogP contribution in [0.5, 0.6) is 17.2 Å². The average molecular weight is 411 g/mol. The summed E-state index contributed by atoms with van der Waals surface area (Å²) in [6, 6.07) is 11.3. The number of carbonyl (C=O) groups excluding carboxylic acids is 2. The van der Waals surface area contributed by atoms with Crippen molar-refractivity contribution in [3.05, 3.63) is 59.3 Å². The SMILES string of the molecule is CCOc1ccc(NC(=O)C2=C(C)NC(=O)NC2c2ccc(OC)c(OC)c2)cc1. The fourth-order valence-corrected chi connectivity index (χ4v) is 3.28. The van der Waals surface area contributed by atoms with Crippen LogP contribution in [0.3, 0.4) is 0 Å². The first-order valence-corrected chi connectivity index (χ1v) is 9.51. The van der Waals surface area contributed by atoms with Crippen LogP contribution in [0, 0.1) is 0 Å². The smallest absolute Gasteiger partial charge is 0.319 e. The van der Waals surface area contributed by atoms with Gasteiger partial charge in [-0.2, -0.15) is 0 Å². The number of nitrogens with one attached hydrogen (secondary N) is 3. The van der Waals surface area contributed by atoms with Crippen LogP contribution in [0.1, 0.15) is 25.5 Å². The lowest BCUT2D eigenvalue weighted by Crippen LogP contribution is -2.45. The second kappa shape index (κ2) is 9.21. The molecule has 0 bridgehead atoms. The quantitative estimate of drug-likeness (QED) is 0.649. The zero-order valence-corrected chi connectivity index (χ0v) is 17.4. The lowest BCUT2D eigenvalue weighted by atomic mass is 9.94. The first kappa shape index (κ1) is 21.0. The number of hydrogen-bond acceptors (Lipinski definition) is 5. The van der Waals surface area contributed by atoms with E-state index in [1.807, 2.05) is 6.92 Å².